The number of piperidine rings is 1. The van der Waals surface area contributed by atoms with Crippen molar-refractivity contribution >= 4 is 11.8 Å². The summed E-state index contributed by atoms with van der Waals surface area (Å²) in [6.07, 6.45) is 5.51. The minimum atomic E-state index is 0.748. The van der Waals surface area contributed by atoms with E-state index in [1.807, 2.05) is 0 Å². The number of hydrogen-bond acceptors (Lipinski definition) is 3. The van der Waals surface area contributed by atoms with E-state index in [2.05, 4.69) is 22.4 Å². The molecule has 76 valence electrons. The summed E-state index contributed by atoms with van der Waals surface area (Å²) in [5.41, 5.74) is 0. The van der Waals surface area contributed by atoms with Crippen LogP contribution in [0.3, 0.4) is 0 Å². The van der Waals surface area contributed by atoms with Crippen molar-refractivity contribution in [2.45, 2.75) is 37.8 Å². The predicted molar refractivity (Wildman–Crippen MR) is 59.4 cm³/mol. The molecular formula is C10H20N2S. The van der Waals surface area contributed by atoms with Gasteiger partial charge in [-0.1, -0.05) is 0 Å². The summed E-state index contributed by atoms with van der Waals surface area (Å²) < 4.78 is 0. The zero-order chi connectivity index (χ0) is 8.93. The molecule has 2 aliphatic rings. The molecule has 2 atom stereocenters. The van der Waals surface area contributed by atoms with Crippen LogP contribution < -0.4 is 10.6 Å². The molecule has 0 amide bonds. The van der Waals surface area contributed by atoms with E-state index in [1.165, 1.54) is 50.3 Å². The molecule has 0 aromatic carbocycles. The second-order valence-corrected chi connectivity index (χ2v) is 5.27. The number of thioether (sulfide) groups is 1. The molecule has 0 bridgehead atoms. The van der Waals surface area contributed by atoms with Gasteiger partial charge in [-0.2, -0.15) is 11.8 Å². The Labute approximate surface area is 85.2 Å². The highest BCUT2D eigenvalue weighted by Gasteiger charge is 2.19. The van der Waals surface area contributed by atoms with Gasteiger partial charge in [0.1, 0.15) is 0 Å². The monoisotopic (exact) mass is 200 g/mol. The van der Waals surface area contributed by atoms with Crippen LogP contribution in [0.1, 0.15) is 25.7 Å². The predicted octanol–water partition coefficient (Wildman–Crippen LogP) is 1.22. The molecule has 0 spiro atoms. The normalized spacial score (nSPS) is 36.0. The Morgan fingerprint density at radius 3 is 2.77 bits per heavy atom. The van der Waals surface area contributed by atoms with Crippen molar-refractivity contribution in [3.63, 3.8) is 0 Å². The highest BCUT2D eigenvalue weighted by Crippen LogP contribution is 2.18. The van der Waals surface area contributed by atoms with Crippen LogP contribution in [0.5, 0.6) is 0 Å². The minimum Gasteiger partial charge on any atom is -0.315 e. The lowest BCUT2D eigenvalue weighted by molar-refractivity contribution is 0.350. The quantitative estimate of drug-likeness (QED) is 0.701. The van der Waals surface area contributed by atoms with Crippen LogP contribution in [0.25, 0.3) is 0 Å². The second-order valence-electron chi connectivity index (χ2n) is 4.12. The van der Waals surface area contributed by atoms with E-state index in [1.54, 1.807) is 0 Å². The smallest absolute Gasteiger partial charge is 0.0195 e. The van der Waals surface area contributed by atoms with Crippen molar-refractivity contribution in [3.8, 4) is 0 Å². The van der Waals surface area contributed by atoms with Crippen LogP contribution in [-0.2, 0) is 0 Å². The van der Waals surface area contributed by atoms with Gasteiger partial charge >= 0.3 is 0 Å². The third-order valence-electron chi connectivity index (χ3n) is 2.93. The summed E-state index contributed by atoms with van der Waals surface area (Å²) in [5.74, 6) is 2.71. The maximum Gasteiger partial charge on any atom is 0.0195 e. The molecule has 2 heterocycles. The van der Waals surface area contributed by atoms with Gasteiger partial charge in [-0.25, -0.2) is 0 Å². The summed E-state index contributed by atoms with van der Waals surface area (Å²) in [6.45, 7) is 2.40. The van der Waals surface area contributed by atoms with E-state index in [-0.39, 0.29) is 0 Å². The van der Waals surface area contributed by atoms with E-state index in [0.29, 0.717) is 0 Å². The van der Waals surface area contributed by atoms with E-state index >= 15 is 0 Å². The SMILES string of the molecule is C1CNCC(NC2CCCSC2)C1. The Kier molecular flexibility index (Phi) is 3.94. The largest absolute Gasteiger partial charge is 0.315 e. The fraction of sp³-hybridized carbons (Fsp3) is 1.00. The Hall–Kier alpha value is 0.270. The number of rotatable bonds is 2. The van der Waals surface area contributed by atoms with Crippen molar-refractivity contribution in [2.24, 2.45) is 0 Å². The van der Waals surface area contributed by atoms with E-state index < -0.39 is 0 Å². The minimum absolute atomic E-state index is 0.748. The van der Waals surface area contributed by atoms with Crippen LogP contribution in [0.4, 0.5) is 0 Å². The van der Waals surface area contributed by atoms with E-state index in [4.69, 9.17) is 0 Å². The molecule has 0 aromatic rings. The average molecular weight is 200 g/mol. The third-order valence-corrected chi connectivity index (χ3v) is 4.14. The fourth-order valence-electron chi connectivity index (χ4n) is 2.20. The summed E-state index contributed by atoms with van der Waals surface area (Å²) in [4.78, 5) is 0. The van der Waals surface area contributed by atoms with E-state index in [9.17, 15) is 0 Å². The number of hydrogen-bond donors (Lipinski definition) is 2. The molecule has 2 aliphatic heterocycles. The molecule has 2 unspecified atom stereocenters. The lowest BCUT2D eigenvalue weighted by atomic mass is 10.1. The van der Waals surface area contributed by atoms with Crippen molar-refractivity contribution in [2.75, 3.05) is 24.6 Å². The zero-order valence-corrected chi connectivity index (χ0v) is 9.04. The maximum atomic E-state index is 3.77. The Bertz CT molecular complexity index is 124. The second kappa shape index (κ2) is 5.23. The number of nitrogens with one attached hydrogen (secondary N) is 2. The van der Waals surface area contributed by atoms with Gasteiger partial charge in [0.25, 0.3) is 0 Å². The first-order chi connectivity index (χ1) is 6.45. The molecule has 13 heavy (non-hydrogen) atoms. The first kappa shape index (κ1) is 9.81. The Morgan fingerprint density at radius 1 is 1.15 bits per heavy atom. The van der Waals surface area contributed by atoms with Crippen LogP contribution in [0.15, 0.2) is 0 Å². The molecule has 3 heteroatoms. The topological polar surface area (TPSA) is 24.1 Å². The molecular weight excluding hydrogens is 180 g/mol. The highest BCUT2D eigenvalue weighted by molar-refractivity contribution is 7.99. The summed E-state index contributed by atoms with van der Waals surface area (Å²) in [5, 5.41) is 7.23. The molecule has 2 nitrogen and oxygen atoms in total. The van der Waals surface area contributed by atoms with Gasteiger partial charge in [0, 0.05) is 24.4 Å². The van der Waals surface area contributed by atoms with Gasteiger partial charge in [0.05, 0.1) is 0 Å². The van der Waals surface area contributed by atoms with Crippen LogP contribution >= 0.6 is 11.8 Å². The van der Waals surface area contributed by atoms with Gasteiger partial charge in [0.15, 0.2) is 0 Å². The molecule has 0 saturated carbocycles. The van der Waals surface area contributed by atoms with Gasteiger partial charge < -0.3 is 10.6 Å². The first-order valence-corrected chi connectivity index (χ1v) is 6.65. The van der Waals surface area contributed by atoms with Crippen LogP contribution in [-0.4, -0.2) is 36.7 Å². The van der Waals surface area contributed by atoms with E-state index in [0.717, 1.165) is 12.1 Å². The van der Waals surface area contributed by atoms with Crippen molar-refractivity contribution in [1.82, 2.24) is 10.6 Å². The molecule has 0 aromatic heterocycles. The van der Waals surface area contributed by atoms with Crippen molar-refractivity contribution < 1.29 is 0 Å². The van der Waals surface area contributed by atoms with Gasteiger partial charge in [-0.3, -0.25) is 0 Å². The molecule has 0 radical (unpaired) electrons. The molecule has 2 saturated heterocycles. The maximum absolute atomic E-state index is 3.77. The fourth-order valence-corrected chi connectivity index (χ4v) is 3.28. The summed E-state index contributed by atoms with van der Waals surface area (Å²) in [6, 6.07) is 1.54. The molecule has 2 fully saturated rings. The molecule has 0 aliphatic carbocycles. The summed E-state index contributed by atoms with van der Waals surface area (Å²) in [7, 11) is 0. The van der Waals surface area contributed by atoms with Gasteiger partial charge in [-0.15, -0.1) is 0 Å². The Balaban J connectivity index is 1.69. The first-order valence-electron chi connectivity index (χ1n) is 5.49. The standard InChI is InChI=1S/C10H20N2S/c1-3-9(7-11-5-1)12-10-4-2-6-13-8-10/h9-12H,1-8H2. The van der Waals surface area contributed by atoms with Crippen LogP contribution in [0.2, 0.25) is 0 Å². The lowest BCUT2D eigenvalue weighted by Crippen LogP contribution is -2.48. The van der Waals surface area contributed by atoms with Gasteiger partial charge in [0.2, 0.25) is 0 Å². The van der Waals surface area contributed by atoms with Crippen molar-refractivity contribution in [3.05, 3.63) is 0 Å². The zero-order valence-electron chi connectivity index (χ0n) is 8.22. The van der Waals surface area contributed by atoms with Gasteiger partial charge in [-0.05, 0) is 38.0 Å². The highest BCUT2D eigenvalue weighted by atomic mass is 32.2. The van der Waals surface area contributed by atoms with Crippen molar-refractivity contribution in [1.29, 1.82) is 0 Å². The third kappa shape index (κ3) is 3.15. The lowest BCUT2D eigenvalue weighted by Gasteiger charge is -2.30. The molecule has 2 N–H and O–H groups in total. The molecule has 2 rings (SSSR count). The van der Waals surface area contributed by atoms with Crippen LogP contribution in [0, 0.1) is 0 Å². The average Bonchev–Trinajstić information content (AvgIpc) is 2.21. The summed E-state index contributed by atoms with van der Waals surface area (Å²) >= 11 is 2.11. The Morgan fingerprint density at radius 2 is 2.08 bits per heavy atom.